The summed E-state index contributed by atoms with van der Waals surface area (Å²) in [7, 11) is 0. The van der Waals surface area contributed by atoms with Gasteiger partial charge in [-0.2, -0.15) is 5.26 Å². The predicted octanol–water partition coefficient (Wildman–Crippen LogP) is 0.461. The topological polar surface area (TPSA) is 86.2 Å². The van der Waals surface area contributed by atoms with Gasteiger partial charge in [0, 0.05) is 12.7 Å². The average Bonchev–Trinajstić information content (AvgIpc) is 2.52. The summed E-state index contributed by atoms with van der Waals surface area (Å²) < 4.78 is 1.41. The lowest BCUT2D eigenvalue weighted by molar-refractivity contribution is 0.0680. The fourth-order valence-corrected chi connectivity index (χ4v) is 1.16. The van der Waals surface area contributed by atoms with Crippen molar-refractivity contribution in [2.45, 2.75) is 19.1 Å². The van der Waals surface area contributed by atoms with Gasteiger partial charge >= 0.3 is 5.97 Å². The van der Waals surface area contributed by atoms with Gasteiger partial charge in [-0.15, -0.1) is 0 Å². The van der Waals surface area contributed by atoms with Crippen molar-refractivity contribution in [2.75, 3.05) is 0 Å². The zero-order chi connectivity index (χ0) is 10.6. The fourth-order valence-electron chi connectivity index (χ4n) is 1.16. The summed E-state index contributed by atoms with van der Waals surface area (Å²) in [6.45, 7) is 0.127. The number of carbonyl (C=O) groups is 1. The summed E-state index contributed by atoms with van der Waals surface area (Å²) in [6.07, 6.45) is 0.729. The zero-order valence-electron chi connectivity index (χ0n) is 7.42. The van der Waals surface area contributed by atoms with E-state index in [0.717, 1.165) is 0 Å². The van der Waals surface area contributed by atoms with Crippen molar-refractivity contribution < 1.29 is 15.0 Å². The van der Waals surface area contributed by atoms with E-state index in [1.807, 2.05) is 6.07 Å². The minimum atomic E-state index is -1.04. The smallest absolute Gasteiger partial charge is 0.352 e. The van der Waals surface area contributed by atoms with Gasteiger partial charge in [0.2, 0.25) is 0 Å². The van der Waals surface area contributed by atoms with E-state index in [4.69, 9.17) is 10.4 Å². The van der Waals surface area contributed by atoms with Gasteiger partial charge in [0.25, 0.3) is 0 Å². The number of carboxylic acid groups (broad SMARTS) is 1. The molecule has 1 heterocycles. The molecule has 0 fully saturated rings. The molecule has 5 nitrogen and oxygen atoms in total. The lowest BCUT2D eigenvalue weighted by Gasteiger charge is -2.09. The maximum atomic E-state index is 10.7. The van der Waals surface area contributed by atoms with E-state index in [0.29, 0.717) is 0 Å². The lowest BCUT2D eigenvalue weighted by atomic mass is 10.2. The SMILES string of the molecule is N#CC[C@H](O)Cn1cccc1C(=O)O. The van der Waals surface area contributed by atoms with Gasteiger partial charge in [0.1, 0.15) is 5.69 Å². The van der Waals surface area contributed by atoms with E-state index >= 15 is 0 Å². The predicted molar refractivity (Wildman–Crippen MR) is 47.6 cm³/mol. The molecule has 1 rings (SSSR count). The molecule has 1 atom stereocenters. The minimum Gasteiger partial charge on any atom is -0.477 e. The summed E-state index contributed by atoms with van der Waals surface area (Å²) in [6, 6.07) is 4.85. The van der Waals surface area contributed by atoms with Crippen LogP contribution in [0, 0.1) is 11.3 Å². The second-order valence-electron chi connectivity index (χ2n) is 2.87. The molecule has 0 aromatic carbocycles. The average molecular weight is 194 g/mol. The molecular weight excluding hydrogens is 184 g/mol. The largest absolute Gasteiger partial charge is 0.477 e. The van der Waals surface area contributed by atoms with Crippen LogP contribution < -0.4 is 0 Å². The van der Waals surface area contributed by atoms with Crippen LogP contribution in [-0.2, 0) is 6.54 Å². The van der Waals surface area contributed by atoms with E-state index in [9.17, 15) is 9.90 Å². The van der Waals surface area contributed by atoms with Crippen molar-refractivity contribution in [1.82, 2.24) is 4.57 Å². The van der Waals surface area contributed by atoms with Crippen molar-refractivity contribution >= 4 is 5.97 Å². The number of hydrogen-bond donors (Lipinski definition) is 2. The van der Waals surface area contributed by atoms with Gasteiger partial charge in [-0.25, -0.2) is 4.79 Å². The molecule has 1 aromatic rings. The molecule has 0 unspecified atom stereocenters. The Morgan fingerprint density at radius 3 is 3.00 bits per heavy atom. The maximum absolute atomic E-state index is 10.7. The summed E-state index contributed by atoms with van der Waals surface area (Å²) in [4.78, 5) is 10.7. The molecule has 0 amide bonds. The molecule has 0 saturated carbocycles. The van der Waals surface area contributed by atoms with Crippen molar-refractivity contribution in [1.29, 1.82) is 5.26 Å². The molecule has 0 aliphatic carbocycles. The number of aromatic nitrogens is 1. The van der Waals surface area contributed by atoms with Crippen molar-refractivity contribution in [3.8, 4) is 6.07 Å². The van der Waals surface area contributed by atoms with Gasteiger partial charge in [-0.3, -0.25) is 0 Å². The van der Waals surface area contributed by atoms with Crippen LogP contribution in [0.15, 0.2) is 18.3 Å². The first-order valence-corrected chi connectivity index (χ1v) is 4.08. The van der Waals surface area contributed by atoms with Crippen LogP contribution in [0.25, 0.3) is 0 Å². The standard InChI is InChI=1S/C9H10N2O3/c10-4-3-7(12)6-11-5-1-2-8(11)9(13)14/h1-2,5,7,12H,3,6H2,(H,13,14)/t7-/m0/s1. The van der Waals surface area contributed by atoms with Crippen molar-refractivity contribution in [3.63, 3.8) is 0 Å². The van der Waals surface area contributed by atoms with Gasteiger partial charge < -0.3 is 14.8 Å². The van der Waals surface area contributed by atoms with Gasteiger partial charge in [-0.1, -0.05) is 0 Å². The second kappa shape index (κ2) is 4.44. The number of aliphatic hydroxyl groups is 1. The van der Waals surface area contributed by atoms with Crippen LogP contribution in [0.2, 0.25) is 0 Å². The molecule has 0 radical (unpaired) electrons. The maximum Gasteiger partial charge on any atom is 0.352 e. The Balaban J connectivity index is 2.72. The molecular formula is C9H10N2O3. The number of nitriles is 1. The summed E-state index contributed by atoms with van der Waals surface area (Å²) in [5.74, 6) is -1.04. The van der Waals surface area contributed by atoms with Crippen LogP contribution >= 0.6 is 0 Å². The highest BCUT2D eigenvalue weighted by atomic mass is 16.4. The van der Waals surface area contributed by atoms with Crippen molar-refractivity contribution in [2.24, 2.45) is 0 Å². The Kier molecular flexibility index (Phi) is 3.26. The Morgan fingerprint density at radius 1 is 1.71 bits per heavy atom. The molecule has 0 spiro atoms. The Labute approximate surface area is 80.8 Å². The van der Waals surface area contributed by atoms with Gasteiger partial charge in [0.15, 0.2) is 0 Å². The van der Waals surface area contributed by atoms with Crippen LogP contribution in [0.1, 0.15) is 16.9 Å². The van der Waals surface area contributed by atoms with Crippen LogP contribution in [0.4, 0.5) is 0 Å². The lowest BCUT2D eigenvalue weighted by Crippen LogP contribution is -2.18. The molecule has 0 aliphatic rings. The van der Waals surface area contributed by atoms with Crippen molar-refractivity contribution in [3.05, 3.63) is 24.0 Å². The van der Waals surface area contributed by atoms with E-state index in [-0.39, 0.29) is 18.7 Å². The van der Waals surface area contributed by atoms with E-state index in [1.54, 1.807) is 12.3 Å². The number of carboxylic acids is 1. The highest BCUT2D eigenvalue weighted by molar-refractivity contribution is 5.85. The molecule has 74 valence electrons. The Hall–Kier alpha value is -1.80. The van der Waals surface area contributed by atoms with Gasteiger partial charge in [-0.05, 0) is 12.1 Å². The summed E-state index contributed by atoms with van der Waals surface area (Å²) in [5.41, 5.74) is 0.113. The number of rotatable bonds is 4. The third-order valence-electron chi connectivity index (χ3n) is 1.78. The normalized spacial score (nSPS) is 12.0. The Morgan fingerprint density at radius 2 is 2.43 bits per heavy atom. The number of hydrogen-bond acceptors (Lipinski definition) is 3. The molecule has 1 aromatic heterocycles. The Bertz CT molecular complexity index is 364. The number of nitrogens with zero attached hydrogens (tertiary/aromatic N) is 2. The van der Waals surface area contributed by atoms with Crippen LogP contribution in [0.5, 0.6) is 0 Å². The molecule has 0 saturated heterocycles. The fraction of sp³-hybridized carbons (Fsp3) is 0.333. The summed E-state index contributed by atoms with van der Waals surface area (Å²) in [5, 5.41) is 26.3. The van der Waals surface area contributed by atoms with Crippen LogP contribution in [-0.4, -0.2) is 26.9 Å². The van der Waals surface area contributed by atoms with E-state index in [2.05, 4.69) is 0 Å². The molecule has 0 aliphatic heterocycles. The second-order valence-corrected chi connectivity index (χ2v) is 2.87. The first-order chi connectivity index (χ1) is 6.65. The summed E-state index contributed by atoms with van der Waals surface area (Å²) >= 11 is 0. The van der Waals surface area contributed by atoms with Crippen LogP contribution in [0.3, 0.4) is 0 Å². The molecule has 0 bridgehead atoms. The minimum absolute atomic E-state index is 0.00274. The first kappa shape index (κ1) is 10.3. The third kappa shape index (κ3) is 2.34. The highest BCUT2D eigenvalue weighted by Crippen LogP contribution is 2.05. The monoisotopic (exact) mass is 194 g/mol. The van der Waals surface area contributed by atoms with E-state index in [1.165, 1.54) is 10.6 Å². The van der Waals surface area contributed by atoms with E-state index < -0.39 is 12.1 Å². The third-order valence-corrected chi connectivity index (χ3v) is 1.78. The molecule has 5 heteroatoms. The number of aliphatic hydroxyl groups excluding tert-OH is 1. The number of aromatic carboxylic acids is 1. The zero-order valence-corrected chi connectivity index (χ0v) is 7.42. The molecule has 2 N–H and O–H groups in total. The molecule has 14 heavy (non-hydrogen) atoms. The first-order valence-electron chi connectivity index (χ1n) is 4.08. The van der Waals surface area contributed by atoms with Gasteiger partial charge in [0.05, 0.1) is 18.6 Å². The quantitative estimate of drug-likeness (QED) is 0.729. The highest BCUT2D eigenvalue weighted by Gasteiger charge is 2.11.